The van der Waals surface area contributed by atoms with Crippen LogP contribution in [0.5, 0.6) is 0 Å². The Hall–Kier alpha value is -2.44. The number of carbonyl (C=O) groups excluding carboxylic acids is 1. The summed E-state index contributed by atoms with van der Waals surface area (Å²) in [6.45, 7) is 5.07. The zero-order chi connectivity index (χ0) is 13.9. The molecule has 1 aliphatic rings. The van der Waals surface area contributed by atoms with Crippen molar-refractivity contribution in [1.82, 2.24) is 25.5 Å². The lowest BCUT2D eigenvalue weighted by Crippen LogP contribution is -2.49. The van der Waals surface area contributed by atoms with Gasteiger partial charge in [0.1, 0.15) is 0 Å². The zero-order valence-electron chi connectivity index (χ0n) is 11.3. The standard InChI is InChI=1S/C13H16N6O/c1-10-4-2-3-5-11(10)18-6-8-19(9-7-18)13(20)12-14-16-17-15-12/h2-5H,6-9H2,1H3,(H,14,15,16,17). The van der Waals surface area contributed by atoms with E-state index in [-0.39, 0.29) is 11.7 Å². The minimum Gasteiger partial charge on any atom is -0.368 e. The molecule has 1 aromatic heterocycles. The van der Waals surface area contributed by atoms with Crippen LogP contribution in [0.2, 0.25) is 0 Å². The summed E-state index contributed by atoms with van der Waals surface area (Å²) < 4.78 is 0. The Morgan fingerprint density at radius 3 is 2.60 bits per heavy atom. The maximum absolute atomic E-state index is 12.1. The molecule has 1 aliphatic heterocycles. The SMILES string of the molecule is Cc1ccccc1N1CCN(C(=O)c2nn[nH]n2)CC1. The van der Waals surface area contributed by atoms with Crippen molar-refractivity contribution in [3.05, 3.63) is 35.7 Å². The number of aromatic nitrogens is 4. The van der Waals surface area contributed by atoms with Crippen LogP contribution in [0.1, 0.15) is 16.2 Å². The van der Waals surface area contributed by atoms with E-state index < -0.39 is 0 Å². The lowest BCUT2D eigenvalue weighted by atomic mass is 10.1. The summed E-state index contributed by atoms with van der Waals surface area (Å²) in [6.07, 6.45) is 0. The van der Waals surface area contributed by atoms with Crippen molar-refractivity contribution in [3.63, 3.8) is 0 Å². The van der Waals surface area contributed by atoms with Gasteiger partial charge in [0.05, 0.1) is 0 Å². The molecule has 0 aliphatic carbocycles. The van der Waals surface area contributed by atoms with E-state index in [2.05, 4.69) is 44.6 Å². The van der Waals surface area contributed by atoms with Crippen molar-refractivity contribution in [2.45, 2.75) is 6.92 Å². The van der Waals surface area contributed by atoms with Crippen LogP contribution in [0.25, 0.3) is 0 Å². The van der Waals surface area contributed by atoms with E-state index in [1.807, 2.05) is 12.1 Å². The Morgan fingerprint density at radius 1 is 1.20 bits per heavy atom. The molecule has 7 nitrogen and oxygen atoms in total. The molecule has 20 heavy (non-hydrogen) atoms. The number of anilines is 1. The van der Waals surface area contributed by atoms with E-state index >= 15 is 0 Å². The maximum atomic E-state index is 12.1. The van der Waals surface area contributed by atoms with Gasteiger partial charge in [0, 0.05) is 31.9 Å². The molecule has 2 aromatic rings. The predicted molar refractivity (Wildman–Crippen MR) is 73.5 cm³/mol. The second-order valence-electron chi connectivity index (χ2n) is 4.80. The van der Waals surface area contributed by atoms with Crippen LogP contribution >= 0.6 is 0 Å². The maximum Gasteiger partial charge on any atom is 0.295 e. The number of hydrogen-bond acceptors (Lipinski definition) is 5. The summed E-state index contributed by atoms with van der Waals surface area (Å²) >= 11 is 0. The fourth-order valence-electron chi connectivity index (χ4n) is 2.46. The van der Waals surface area contributed by atoms with E-state index in [4.69, 9.17) is 0 Å². The van der Waals surface area contributed by atoms with Gasteiger partial charge in [-0.1, -0.05) is 18.2 Å². The van der Waals surface area contributed by atoms with Crippen molar-refractivity contribution in [1.29, 1.82) is 0 Å². The molecular formula is C13H16N6O. The highest BCUT2D eigenvalue weighted by molar-refractivity contribution is 5.90. The molecule has 1 saturated heterocycles. The van der Waals surface area contributed by atoms with Crippen molar-refractivity contribution in [2.75, 3.05) is 31.1 Å². The van der Waals surface area contributed by atoms with Gasteiger partial charge in [-0.2, -0.15) is 5.21 Å². The average molecular weight is 272 g/mol. The van der Waals surface area contributed by atoms with Gasteiger partial charge < -0.3 is 9.80 Å². The number of benzene rings is 1. The van der Waals surface area contributed by atoms with Crippen LogP contribution in [-0.2, 0) is 0 Å². The molecular weight excluding hydrogens is 256 g/mol. The van der Waals surface area contributed by atoms with Crippen LogP contribution in [0.4, 0.5) is 5.69 Å². The number of nitrogens with zero attached hydrogens (tertiary/aromatic N) is 5. The molecule has 2 heterocycles. The molecule has 0 atom stereocenters. The average Bonchev–Trinajstić information content (AvgIpc) is 3.01. The van der Waals surface area contributed by atoms with Crippen LogP contribution in [0, 0.1) is 6.92 Å². The fraction of sp³-hybridized carbons (Fsp3) is 0.385. The molecule has 1 fully saturated rings. The summed E-state index contributed by atoms with van der Waals surface area (Å²) in [7, 11) is 0. The lowest BCUT2D eigenvalue weighted by molar-refractivity contribution is 0.0734. The number of tetrazole rings is 1. The van der Waals surface area contributed by atoms with Crippen LogP contribution in [-0.4, -0.2) is 57.6 Å². The first kappa shape index (κ1) is 12.6. The lowest BCUT2D eigenvalue weighted by Gasteiger charge is -2.36. The number of piperazine rings is 1. The van der Waals surface area contributed by atoms with Gasteiger partial charge in [-0.3, -0.25) is 4.79 Å². The number of para-hydroxylation sites is 1. The number of rotatable bonds is 2. The molecule has 1 N–H and O–H groups in total. The minimum absolute atomic E-state index is 0.134. The number of aryl methyl sites for hydroxylation is 1. The molecule has 0 spiro atoms. The minimum atomic E-state index is -0.164. The molecule has 0 radical (unpaired) electrons. The van der Waals surface area contributed by atoms with Gasteiger partial charge in [-0.05, 0) is 23.8 Å². The number of nitrogens with one attached hydrogen (secondary N) is 1. The van der Waals surface area contributed by atoms with Crippen molar-refractivity contribution < 1.29 is 4.79 Å². The normalized spacial score (nSPS) is 15.4. The van der Waals surface area contributed by atoms with Gasteiger partial charge in [-0.25, -0.2) is 0 Å². The van der Waals surface area contributed by atoms with Gasteiger partial charge >= 0.3 is 0 Å². The molecule has 0 bridgehead atoms. The number of aromatic amines is 1. The molecule has 3 rings (SSSR count). The van der Waals surface area contributed by atoms with E-state index in [0.717, 1.165) is 13.1 Å². The largest absolute Gasteiger partial charge is 0.368 e. The zero-order valence-corrected chi connectivity index (χ0v) is 11.3. The third-order valence-electron chi connectivity index (χ3n) is 3.56. The number of H-pyrrole nitrogens is 1. The van der Waals surface area contributed by atoms with Crippen molar-refractivity contribution >= 4 is 11.6 Å². The summed E-state index contributed by atoms with van der Waals surface area (Å²) in [4.78, 5) is 16.2. The number of hydrogen-bond donors (Lipinski definition) is 1. The summed E-state index contributed by atoms with van der Waals surface area (Å²) in [5, 5.41) is 13.2. The highest BCUT2D eigenvalue weighted by Gasteiger charge is 2.25. The highest BCUT2D eigenvalue weighted by atomic mass is 16.2. The monoisotopic (exact) mass is 272 g/mol. The van der Waals surface area contributed by atoms with Crippen molar-refractivity contribution in [2.24, 2.45) is 0 Å². The first-order valence-electron chi connectivity index (χ1n) is 6.59. The second-order valence-corrected chi connectivity index (χ2v) is 4.80. The Morgan fingerprint density at radius 2 is 1.95 bits per heavy atom. The topological polar surface area (TPSA) is 78.0 Å². The Balaban J connectivity index is 1.65. The smallest absolute Gasteiger partial charge is 0.295 e. The van der Waals surface area contributed by atoms with Gasteiger partial charge in [0.15, 0.2) is 0 Å². The van der Waals surface area contributed by atoms with E-state index in [1.54, 1.807) is 4.90 Å². The Kier molecular flexibility index (Phi) is 3.32. The van der Waals surface area contributed by atoms with E-state index in [0.29, 0.717) is 13.1 Å². The molecule has 0 saturated carbocycles. The summed E-state index contributed by atoms with van der Waals surface area (Å²) in [5.41, 5.74) is 2.49. The number of carbonyl (C=O) groups is 1. The quantitative estimate of drug-likeness (QED) is 0.860. The van der Waals surface area contributed by atoms with Crippen LogP contribution in [0.3, 0.4) is 0 Å². The van der Waals surface area contributed by atoms with Crippen LogP contribution in [0.15, 0.2) is 24.3 Å². The van der Waals surface area contributed by atoms with E-state index in [9.17, 15) is 4.79 Å². The Labute approximate surface area is 116 Å². The fourth-order valence-corrected chi connectivity index (χ4v) is 2.46. The highest BCUT2D eigenvalue weighted by Crippen LogP contribution is 2.20. The third kappa shape index (κ3) is 2.34. The van der Waals surface area contributed by atoms with Crippen molar-refractivity contribution in [3.8, 4) is 0 Å². The predicted octanol–water partition coefficient (Wildman–Crippen LogP) is 0.471. The molecule has 1 aromatic carbocycles. The van der Waals surface area contributed by atoms with Crippen LogP contribution < -0.4 is 4.90 Å². The molecule has 0 unspecified atom stereocenters. The molecule has 1 amide bonds. The Bertz CT molecular complexity index is 589. The molecule has 104 valence electrons. The van der Waals surface area contributed by atoms with E-state index in [1.165, 1.54) is 11.3 Å². The van der Waals surface area contributed by atoms with Gasteiger partial charge in [-0.15, -0.1) is 10.2 Å². The summed E-state index contributed by atoms with van der Waals surface area (Å²) in [6, 6.07) is 8.30. The second kappa shape index (κ2) is 5.28. The number of amides is 1. The first-order chi connectivity index (χ1) is 9.75. The van der Waals surface area contributed by atoms with Gasteiger partial charge in [0.25, 0.3) is 11.7 Å². The van der Waals surface area contributed by atoms with Gasteiger partial charge in [0.2, 0.25) is 0 Å². The third-order valence-corrected chi connectivity index (χ3v) is 3.56. The first-order valence-corrected chi connectivity index (χ1v) is 6.59. The molecule has 7 heteroatoms. The summed E-state index contributed by atoms with van der Waals surface area (Å²) in [5.74, 6) is -0.0301.